The van der Waals surface area contributed by atoms with Crippen molar-refractivity contribution in [1.82, 2.24) is 15.3 Å². The molecule has 1 aromatic heterocycles. The van der Waals surface area contributed by atoms with Gasteiger partial charge in [0.05, 0.1) is 11.0 Å². The Hall–Kier alpha value is -4.04. The highest BCUT2D eigenvalue weighted by atomic mass is 16.6. The molecule has 4 aliphatic rings. The largest absolute Gasteiger partial charge is 0.454 e. The number of hydrogen-bond acceptors (Lipinski definition) is 7. The van der Waals surface area contributed by atoms with E-state index in [0.29, 0.717) is 52.9 Å². The van der Waals surface area contributed by atoms with Gasteiger partial charge in [0.1, 0.15) is 5.76 Å². The zero-order valence-electron chi connectivity index (χ0n) is 20.7. The van der Waals surface area contributed by atoms with E-state index in [0.717, 1.165) is 12.0 Å². The van der Waals surface area contributed by atoms with Gasteiger partial charge in [-0.15, -0.1) is 0 Å². The third kappa shape index (κ3) is 3.18. The Bertz CT molecular complexity index is 1530. The molecule has 1 aliphatic heterocycles. The standard InChI is InChI=1S/C29H28N4O4/c1-3-16(2)17-6-4-7-19-24(15-17)37-29(36)20-8-5-9-21(30)25(20)26(34)28(19,29)33-27(35)18-10-11-22-23(14-18)32-13-12-31-22/h4,7-8,10-16,36H,3,5-6,9,30H2,1-2H3,(H,33,35). The Morgan fingerprint density at radius 3 is 2.84 bits per heavy atom. The van der Waals surface area contributed by atoms with Crippen LogP contribution in [0.2, 0.25) is 0 Å². The van der Waals surface area contributed by atoms with Crippen LogP contribution in [-0.4, -0.2) is 38.1 Å². The lowest BCUT2D eigenvalue weighted by Crippen LogP contribution is -2.64. The van der Waals surface area contributed by atoms with Gasteiger partial charge in [0.25, 0.3) is 11.7 Å². The Balaban J connectivity index is 1.53. The summed E-state index contributed by atoms with van der Waals surface area (Å²) in [5, 5.41) is 15.1. The third-order valence-electron chi connectivity index (χ3n) is 7.95. The first-order valence-corrected chi connectivity index (χ1v) is 12.6. The summed E-state index contributed by atoms with van der Waals surface area (Å²) in [4.78, 5) is 36.5. The summed E-state index contributed by atoms with van der Waals surface area (Å²) in [6.07, 6.45) is 13.2. The fourth-order valence-electron chi connectivity index (χ4n) is 5.74. The summed E-state index contributed by atoms with van der Waals surface area (Å²) in [5.41, 5.74) is 8.35. The Labute approximate surface area is 214 Å². The number of fused-ring (bicyclic) bond motifs is 5. The number of carbonyl (C=O) groups excluding carboxylic acids is 2. The number of nitrogens with zero attached hydrogens (tertiary/aromatic N) is 2. The predicted molar refractivity (Wildman–Crippen MR) is 138 cm³/mol. The van der Waals surface area contributed by atoms with E-state index in [2.05, 4.69) is 29.1 Å². The van der Waals surface area contributed by atoms with E-state index in [4.69, 9.17) is 10.5 Å². The number of aliphatic hydroxyl groups is 1. The van der Waals surface area contributed by atoms with Crippen LogP contribution in [0, 0.1) is 5.92 Å². The molecule has 1 saturated carbocycles. The lowest BCUT2D eigenvalue weighted by molar-refractivity contribution is -0.162. The van der Waals surface area contributed by atoms with Crippen LogP contribution >= 0.6 is 0 Å². The molecule has 3 unspecified atom stereocenters. The number of amides is 1. The molecule has 2 heterocycles. The summed E-state index contributed by atoms with van der Waals surface area (Å²) < 4.78 is 6.27. The number of Topliss-reactive ketones (excluding diaryl/α,β-unsaturated/α-hetero) is 1. The minimum absolute atomic E-state index is 0.230. The number of nitrogens with one attached hydrogen (secondary N) is 1. The van der Waals surface area contributed by atoms with Crippen LogP contribution in [0.5, 0.6) is 0 Å². The molecule has 8 heteroatoms. The van der Waals surface area contributed by atoms with Crippen LogP contribution in [0.3, 0.4) is 0 Å². The Morgan fingerprint density at radius 2 is 2.05 bits per heavy atom. The molecule has 8 nitrogen and oxygen atoms in total. The highest BCUT2D eigenvalue weighted by molar-refractivity contribution is 6.18. The molecule has 0 saturated heterocycles. The molecule has 0 radical (unpaired) electrons. The highest BCUT2D eigenvalue weighted by Crippen LogP contribution is 2.57. The SMILES string of the molecule is CCC(C)C1=CC2=C(C=CC1)C1(NC(=O)c3ccc4nccnc4c3)C(=O)C3=C(N)CCC=C3C1(O)O2. The van der Waals surface area contributed by atoms with Crippen molar-refractivity contribution in [2.45, 2.75) is 50.9 Å². The fraction of sp³-hybridized carbons (Fsp3) is 0.310. The van der Waals surface area contributed by atoms with Crippen molar-refractivity contribution < 1.29 is 19.4 Å². The van der Waals surface area contributed by atoms with E-state index >= 15 is 0 Å². The van der Waals surface area contributed by atoms with Gasteiger partial charge >= 0.3 is 0 Å². The first-order chi connectivity index (χ1) is 17.8. The zero-order valence-corrected chi connectivity index (χ0v) is 20.7. The van der Waals surface area contributed by atoms with Crippen molar-refractivity contribution in [2.24, 2.45) is 11.7 Å². The van der Waals surface area contributed by atoms with Crippen LogP contribution in [0.15, 0.2) is 88.6 Å². The van der Waals surface area contributed by atoms with Crippen molar-refractivity contribution in [1.29, 1.82) is 0 Å². The minimum Gasteiger partial charge on any atom is -0.454 e. The van der Waals surface area contributed by atoms with Gasteiger partial charge in [-0.05, 0) is 55.9 Å². The number of rotatable bonds is 4. The van der Waals surface area contributed by atoms with Gasteiger partial charge in [-0.3, -0.25) is 19.6 Å². The molecule has 0 bridgehead atoms. The molecule has 2 aromatic rings. The van der Waals surface area contributed by atoms with Crippen molar-refractivity contribution in [3.05, 3.63) is 94.2 Å². The number of benzene rings is 1. The van der Waals surface area contributed by atoms with Crippen LogP contribution in [0.25, 0.3) is 11.0 Å². The third-order valence-corrected chi connectivity index (χ3v) is 7.95. The molecule has 3 atom stereocenters. The number of aromatic nitrogens is 2. The topological polar surface area (TPSA) is 127 Å². The number of carbonyl (C=O) groups is 2. The maximum absolute atomic E-state index is 14.2. The van der Waals surface area contributed by atoms with Gasteiger partial charge in [0.2, 0.25) is 11.3 Å². The number of allylic oxidation sites excluding steroid dienone is 5. The van der Waals surface area contributed by atoms with Gasteiger partial charge in [-0.25, -0.2) is 0 Å². The van der Waals surface area contributed by atoms with Gasteiger partial charge < -0.3 is 20.9 Å². The van der Waals surface area contributed by atoms with Crippen LogP contribution in [0.1, 0.15) is 49.9 Å². The maximum Gasteiger partial charge on any atom is 0.270 e. The normalized spacial score (nSPS) is 27.2. The molecule has 0 spiro atoms. The van der Waals surface area contributed by atoms with Crippen molar-refractivity contribution in [3.8, 4) is 0 Å². The first-order valence-electron chi connectivity index (χ1n) is 12.6. The number of ketones is 1. The second-order valence-corrected chi connectivity index (χ2v) is 10.0. The molecule has 37 heavy (non-hydrogen) atoms. The van der Waals surface area contributed by atoms with E-state index in [1.165, 1.54) is 0 Å². The second-order valence-electron chi connectivity index (χ2n) is 10.0. The molecule has 188 valence electrons. The monoisotopic (exact) mass is 496 g/mol. The molecular weight excluding hydrogens is 468 g/mol. The molecule has 1 amide bonds. The average molecular weight is 497 g/mol. The smallest absolute Gasteiger partial charge is 0.270 e. The van der Waals surface area contributed by atoms with Gasteiger partial charge in [0, 0.05) is 40.4 Å². The molecular formula is C29H28N4O4. The lowest BCUT2D eigenvalue weighted by Gasteiger charge is -2.35. The molecule has 3 aliphatic carbocycles. The van der Waals surface area contributed by atoms with E-state index in [-0.39, 0.29) is 17.1 Å². The first kappa shape index (κ1) is 23.4. The zero-order chi connectivity index (χ0) is 25.9. The predicted octanol–water partition coefficient (Wildman–Crippen LogP) is 3.52. The van der Waals surface area contributed by atoms with Crippen molar-refractivity contribution in [2.75, 3.05) is 0 Å². The highest BCUT2D eigenvalue weighted by Gasteiger charge is 2.74. The fourth-order valence-corrected chi connectivity index (χ4v) is 5.74. The van der Waals surface area contributed by atoms with E-state index in [1.807, 2.05) is 12.2 Å². The summed E-state index contributed by atoms with van der Waals surface area (Å²) in [6, 6.07) is 4.93. The van der Waals surface area contributed by atoms with Crippen molar-refractivity contribution in [3.63, 3.8) is 0 Å². The summed E-state index contributed by atoms with van der Waals surface area (Å²) in [5.74, 6) is -2.47. The van der Waals surface area contributed by atoms with Crippen molar-refractivity contribution >= 4 is 22.7 Å². The maximum atomic E-state index is 14.2. The van der Waals surface area contributed by atoms with Gasteiger partial charge in [-0.2, -0.15) is 0 Å². The Kier molecular flexibility index (Phi) is 5.21. The molecule has 1 aromatic carbocycles. The van der Waals surface area contributed by atoms with E-state index < -0.39 is 23.0 Å². The lowest BCUT2D eigenvalue weighted by atomic mass is 9.82. The van der Waals surface area contributed by atoms with Crippen LogP contribution in [0.4, 0.5) is 0 Å². The summed E-state index contributed by atoms with van der Waals surface area (Å²) in [6.45, 7) is 4.24. The van der Waals surface area contributed by atoms with Gasteiger partial charge in [-0.1, -0.05) is 37.6 Å². The molecule has 4 N–H and O–H groups in total. The molecule has 6 rings (SSSR count). The molecule has 1 fully saturated rings. The Morgan fingerprint density at radius 1 is 1.27 bits per heavy atom. The van der Waals surface area contributed by atoms with Crippen LogP contribution in [-0.2, 0) is 9.53 Å². The van der Waals surface area contributed by atoms with E-state index in [1.54, 1.807) is 42.7 Å². The minimum atomic E-state index is -2.12. The number of hydrogen-bond donors (Lipinski definition) is 3. The average Bonchev–Trinajstić information content (AvgIpc) is 3.11. The number of nitrogens with two attached hydrogens (primary N) is 1. The second kappa shape index (κ2) is 8.24. The van der Waals surface area contributed by atoms with Gasteiger partial charge in [0.15, 0.2) is 0 Å². The summed E-state index contributed by atoms with van der Waals surface area (Å²) in [7, 11) is 0. The van der Waals surface area contributed by atoms with Crippen LogP contribution < -0.4 is 11.1 Å². The number of ether oxygens (including phenoxy) is 1. The van der Waals surface area contributed by atoms with E-state index in [9.17, 15) is 14.7 Å². The quantitative estimate of drug-likeness (QED) is 0.591. The summed E-state index contributed by atoms with van der Waals surface area (Å²) >= 11 is 0.